The molecular weight excluding hydrogens is 309 g/mol. The summed E-state index contributed by atoms with van der Waals surface area (Å²) in [5, 5.41) is 12.4. The van der Waals surface area contributed by atoms with E-state index in [0.717, 1.165) is 16.7 Å². The number of carboxylic acid groups (broad SMARTS) is 1. The molecule has 116 valence electrons. The molecule has 0 spiro atoms. The number of amides is 1. The van der Waals surface area contributed by atoms with Crippen LogP contribution in [0.15, 0.2) is 5.38 Å². The first-order valence-electron chi connectivity index (χ1n) is 6.29. The van der Waals surface area contributed by atoms with Crippen LogP contribution < -0.4 is 5.32 Å². The summed E-state index contributed by atoms with van der Waals surface area (Å²) >= 11 is 0.828. The largest absolute Gasteiger partial charge is 0.481 e. The van der Waals surface area contributed by atoms with Gasteiger partial charge in [-0.3, -0.25) is 9.59 Å². The van der Waals surface area contributed by atoms with Gasteiger partial charge in [0.2, 0.25) is 5.91 Å². The van der Waals surface area contributed by atoms with E-state index in [4.69, 9.17) is 5.11 Å². The van der Waals surface area contributed by atoms with Gasteiger partial charge in [0.15, 0.2) is 5.69 Å². The minimum atomic E-state index is -4.51. The van der Waals surface area contributed by atoms with Crippen LogP contribution in [0.4, 0.5) is 13.2 Å². The molecule has 5 nitrogen and oxygen atoms in total. The molecule has 0 aliphatic heterocycles. The highest BCUT2D eigenvalue weighted by Crippen LogP contribution is 2.39. The van der Waals surface area contributed by atoms with Gasteiger partial charge in [-0.05, 0) is 12.8 Å². The lowest BCUT2D eigenvalue weighted by Crippen LogP contribution is -2.30. The minimum Gasteiger partial charge on any atom is -0.481 e. The molecule has 0 aromatic carbocycles. The number of nitrogens with one attached hydrogen (secondary N) is 1. The molecule has 1 aliphatic carbocycles. The third-order valence-corrected chi connectivity index (χ3v) is 4.24. The Morgan fingerprint density at radius 3 is 2.62 bits per heavy atom. The number of carbonyl (C=O) groups excluding carboxylic acids is 1. The monoisotopic (exact) mass is 322 g/mol. The van der Waals surface area contributed by atoms with Crippen molar-refractivity contribution in [3.8, 4) is 0 Å². The Morgan fingerprint density at radius 1 is 1.52 bits per heavy atom. The lowest BCUT2D eigenvalue weighted by molar-refractivity contribution is -0.141. The van der Waals surface area contributed by atoms with E-state index in [1.807, 2.05) is 0 Å². The Balaban J connectivity index is 2.02. The second kappa shape index (κ2) is 5.63. The summed E-state index contributed by atoms with van der Waals surface area (Å²) in [7, 11) is 0. The standard InChI is InChI=1S/C12H13F3N2O3S/c1-2-7(10-17-8(4-21-10)12(13,14)15)16-9(18)5-3-6(5)11(19)20/h4-7H,2-3H2,1H3,(H,16,18)(H,19,20)/t5-,6-,7-/m0/s1. The Labute approximate surface area is 122 Å². The number of aliphatic carboxylic acids is 1. The number of nitrogens with zero attached hydrogens (tertiary/aromatic N) is 1. The summed E-state index contributed by atoms with van der Waals surface area (Å²) < 4.78 is 37.5. The van der Waals surface area contributed by atoms with Crippen LogP contribution >= 0.6 is 11.3 Å². The molecule has 2 rings (SSSR count). The molecule has 0 bridgehead atoms. The fraction of sp³-hybridized carbons (Fsp3) is 0.583. The Hall–Kier alpha value is -1.64. The van der Waals surface area contributed by atoms with Gasteiger partial charge in [0.05, 0.1) is 17.9 Å². The quantitative estimate of drug-likeness (QED) is 0.873. The fourth-order valence-corrected chi connectivity index (χ4v) is 2.91. The maximum atomic E-state index is 12.5. The summed E-state index contributed by atoms with van der Waals surface area (Å²) in [5.41, 5.74) is -0.981. The van der Waals surface area contributed by atoms with Crippen molar-refractivity contribution in [1.29, 1.82) is 0 Å². The molecule has 3 atom stereocenters. The number of carboxylic acids is 1. The second-order valence-corrected chi connectivity index (χ2v) is 5.71. The lowest BCUT2D eigenvalue weighted by Gasteiger charge is -2.14. The van der Waals surface area contributed by atoms with Gasteiger partial charge in [-0.25, -0.2) is 4.98 Å². The van der Waals surface area contributed by atoms with Crippen LogP contribution in [-0.4, -0.2) is 22.0 Å². The van der Waals surface area contributed by atoms with E-state index in [2.05, 4.69) is 10.3 Å². The molecule has 1 amide bonds. The molecule has 1 aliphatic rings. The summed E-state index contributed by atoms with van der Waals surface area (Å²) in [6, 6.07) is -0.631. The zero-order valence-electron chi connectivity index (χ0n) is 11.0. The minimum absolute atomic E-state index is 0.172. The van der Waals surface area contributed by atoms with Crippen molar-refractivity contribution in [2.75, 3.05) is 0 Å². The van der Waals surface area contributed by atoms with E-state index >= 15 is 0 Å². The summed E-state index contributed by atoms with van der Waals surface area (Å²) in [5.74, 6) is -2.77. The van der Waals surface area contributed by atoms with Crippen molar-refractivity contribution in [3.63, 3.8) is 0 Å². The molecule has 1 aromatic rings. The molecule has 21 heavy (non-hydrogen) atoms. The lowest BCUT2D eigenvalue weighted by atomic mass is 10.2. The van der Waals surface area contributed by atoms with Crippen molar-refractivity contribution in [2.24, 2.45) is 11.8 Å². The van der Waals surface area contributed by atoms with Gasteiger partial charge in [0, 0.05) is 5.38 Å². The fourth-order valence-electron chi connectivity index (χ4n) is 1.95. The maximum Gasteiger partial charge on any atom is 0.434 e. The van der Waals surface area contributed by atoms with Gasteiger partial charge < -0.3 is 10.4 Å². The Bertz CT molecular complexity index is 558. The second-order valence-electron chi connectivity index (χ2n) is 4.83. The van der Waals surface area contributed by atoms with Crippen molar-refractivity contribution >= 4 is 23.2 Å². The van der Waals surface area contributed by atoms with E-state index in [9.17, 15) is 22.8 Å². The van der Waals surface area contributed by atoms with Gasteiger partial charge in [-0.2, -0.15) is 13.2 Å². The molecule has 1 aromatic heterocycles. The van der Waals surface area contributed by atoms with Crippen LogP contribution in [0.25, 0.3) is 0 Å². The third kappa shape index (κ3) is 3.52. The summed E-state index contributed by atoms with van der Waals surface area (Å²) in [6.07, 6.45) is -3.87. The molecular formula is C12H13F3N2O3S. The highest BCUT2D eigenvalue weighted by molar-refractivity contribution is 7.09. The van der Waals surface area contributed by atoms with E-state index in [-0.39, 0.29) is 11.4 Å². The topological polar surface area (TPSA) is 79.3 Å². The zero-order chi connectivity index (χ0) is 15.8. The van der Waals surface area contributed by atoms with E-state index < -0.39 is 41.6 Å². The number of thiazole rings is 1. The Morgan fingerprint density at radius 2 is 2.19 bits per heavy atom. The average molecular weight is 322 g/mol. The van der Waals surface area contributed by atoms with E-state index in [0.29, 0.717) is 6.42 Å². The maximum absolute atomic E-state index is 12.5. The average Bonchev–Trinajstić information content (AvgIpc) is 3.04. The van der Waals surface area contributed by atoms with Gasteiger partial charge in [0.25, 0.3) is 0 Å². The Kier molecular flexibility index (Phi) is 4.22. The molecule has 9 heteroatoms. The van der Waals surface area contributed by atoms with Gasteiger partial charge in [0.1, 0.15) is 5.01 Å². The first-order chi connectivity index (χ1) is 9.74. The zero-order valence-corrected chi connectivity index (χ0v) is 11.8. The van der Waals surface area contributed by atoms with Crippen molar-refractivity contribution in [3.05, 3.63) is 16.1 Å². The molecule has 2 N–H and O–H groups in total. The number of rotatable bonds is 5. The highest BCUT2D eigenvalue weighted by atomic mass is 32.1. The summed E-state index contributed by atoms with van der Waals surface area (Å²) in [6.45, 7) is 1.71. The molecule has 1 saturated carbocycles. The van der Waals surface area contributed by atoms with Crippen LogP contribution in [0.3, 0.4) is 0 Å². The number of alkyl halides is 3. The van der Waals surface area contributed by atoms with Crippen LogP contribution in [-0.2, 0) is 15.8 Å². The van der Waals surface area contributed by atoms with Gasteiger partial charge in [-0.15, -0.1) is 11.3 Å². The number of halogens is 3. The van der Waals surface area contributed by atoms with Gasteiger partial charge >= 0.3 is 12.1 Å². The van der Waals surface area contributed by atoms with Crippen molar-refractivity contribution < 1.29 is 27.9 Å². The van der Waals surface area contributed by atoms with Crippen LogP contribution in [0.5, 0.6) is 0 Å². The van der Waals surface area contributed by atoms with Crippen LogP contribution in [0, 0.1) is 11.8 Å². The summed E-state index contributed by atoms with van der Waals surface area (Å²) in [4.78, 5) is 26.0. The molecule has 0 unspecified atom stereocenters. The van der Waals surface area contributed by atoms with Crippen molar-refractivity contribution in [2.45, 2.75) is 32.0 Å². The number of carbonyl (C=O) groups is 2. The van der Waals surface area contributed by atoms with Crippen LogP contribution in [0.1, 0.15) is 36.5 Å². The molecule has 1 fully saturated rings. The third-order valence-electron chi connectivity index (χ3n) is 3.28. The normalized spacial score (nSPS) is 22.7. The number of hydrogen-bond donors (Lipinski definition) is 2. The molecule has 0 saturated heterocycles. The first kappa shape index (κ1) is 15.7. The highest BCUT2D eigenvalue weighted by Gasteiger charge is 2.48. The predicted molar refractivity (Wildman–Crippen MR) is 67.5 cm³/mol. The van der Waals surface area contributed by atoms with Gasteiger partial charge in [-0.1, -0.05) is 6.92 Å². The number of aromatic nitrogens is 1. The van der Waals surface area contributed by atoms with Crippen LogP contribution in [0.2, 0.25) is 0 Å². The van der Waals surface area contributed by atoms with Crippen molar-refractivity contribution in [1.82, 2.24) is 10.3 Å². The van der Waals surface area contributed by atoms with E-state index in [1.54, 1.807) is 6.92 Å². The SMILES string of the molecule is CC[C@H](NC(=O)[C@H]1C[C@@H]1C(=O)O)c1nc(C(F)(F)F)cs1. The smallest absolute Gasteiger partial charge is 0.434 e. The van der Waals surface area contributed by atoms with E-state index in [1.165, 1.54) is 0 Å². The molecule has 1 heterocycles. The predicted octanol–water partition coefficient (Wildman–Crippen LogP) is 2.45. The number of hydrogen-bond acceptors (Lipinski definition) is 4. The first-order valence-corrected chi connectivity index (χ1v) is 7.17. The molecule has 0 radical (unpaired) electrons.